The van der Waals surface area contributed by atoms with Crippen LogP contribution in [0.2, 0.25) is 0 Å². The van der Waals surface area contributed by atoms with E-state index in [9.17, 15) is 4.79 Å². The first-order valence-electron chi connectivity index (χ1n) is 7.17. The largest absolute Gasteiger partial charge is 0.456 e. The number of piperidine rings is 1. The number of esters is 1. The minimum Gasteiger partial charge on any atom is -0.456 e. The summed E-state index contributed by atoms with van der Waals surface area (Å²) in [5, 5.41) is 12.3. The number of hydrogen-bond donors (Lipinski definition) is 2. The molecule has 0 aliphatic carbocycles. The maximum atomic E-state index is 12.2. The summed E-state index contributed by atoms with van der Waals surface area (Å²) in [5.41, 5.74) is 0.873. The highest BCUT2D eigenvalue weighted by atomic mass is 16.6. The summed E-state index contributed by atoms with van der Waals surface area (Å²) in [6.07, 6.45) is 2.06. The summed E-state index contributed by atoms with van der Waals surface area (Å²) in [5.74, 6) is 0.0995. The van der Waals surface area contributed by atoms with E-state index >= 15 is 0 Å². The van der Waals surface area contributed by atoms with Crippen LogP contribution in [0.4, 0.5) is 0 Å². The Hall–Kier alpha value is -1.39. The third kappa shape index (κ3) is 3.58. The van der Waals surface area contributed by atoms with Gasteiger partial charge in [-0.25, -0.2) is 4.79 Å². The fourth-order valence-electron chi connectivity index (χ4n) is 2.64. The number of aliphatic hydroxyl groups excluding tert-OH is 1. The SMILES string of the molecule is CC(C)(OC(=O)c1ccc(CO)cc1)C1CCNCC1. The first-order valence-corrected chi connectivity index (χ1v) is 7.17. The van der Waals surface area contributed by atoms with E-state index in [-0.39, 0.29) is 12.6 Å². The molecule has 0 aromatic heterocycles. The first-order chi connectivity index (χ1) is 9.53. The summed E-state index contributed by atoms with van der Waals surface area (Å²) < 4.78 is 5.71. The van der Waals surface area contributed by atoms with E-state index in [4.69, 9.17) is 9.84 Å². The van der Waals surface area contributed by atoms with Crippen LogP contribution in [-0.4, -0.2) is 29.8 Å². The Morgan fingerprint density at radius 1 is 1.30 bits per heavy atom. The van der Waals surface area contributed by atoms with Gasteiger partial charge in [-0.3, -0.25) is 0 Å². The molecule has 0 bridgehead atoms. The molecule has 2 N–H and O–H groups in total. The molecule has 0 unspecified atom stereocenters. The smallest absolute Gasteiger partial charge is 0.338 e. The van der Waals surface area contributed by atoms with Crippen molar-refractivity contribution in [3.63, 3.8) is 0 Å². The van der Waals surface area contributed by atoms with Crippen LogP contribution in [0.15, 0.2) is 24.3 Å². The molecule has 1 aromatic rings. The van der Waals surface area contributed by atoms with Gasteiger partial charge in [0.05, 0.1) is 12.2 Å². The van der Waals surface area contributed by atoms with Crippen molar-refractivity contribution in [2.24, 2.45) is 5.92 Å². The second-order valence-electron chi connectivity index (χ2n) is 5.87. The number of benzene rings is 1. The lowest BCUT2D eigenvalue weighted by molar-refractivity contribution is -0.0368. The van der Waals surface area contributed by atoms with Crippen molar-refractivity contribution < 1.29 is 14.6 Å². The monoisotopic (exact) mass is 277 g/mol. The highest BCUT2D eigenvalue weighted by Gasteiger charge is 2.34. The van der Waals surface area contributed by atoms with Crippen molar-refractivity contribution in [1.82, 2.24) is 5.32 Å². The molecular formula is C16H23NO3. The molecule has 1 heterocycles. The average molecular weight is 277 g/mol. The van der Waals surface area contributed by atoms with E-state index in [0.29, 0.717) is 11.5 Å². The van der Waals surface area contributed by atoms with Crippen LogP contribution in [0.5, 0.6) is 0 Å². The summed E-state index contributed by atoms with van der Waals surface area (Å²) >= 11 is 0. The van der Waals surface area contributed by atoms with Gasteiger partial charge in [0.25, 0.3) is 0 Å². The van der Waals surface area contributed by atoms with Crippen molar-refractivity contribution in [2.45, 2.75) is 38.9 Å². The van der Waals surface area contributed by atoms with E-state index in [0.717, 1.165) is 31.5 Å². The van der Waals surface area contributed by atoms with Crippen LogP contribution in [0, 0.1) is 5.92 Å². The highest BCUT2D eigenvalue weighted by molar-refractivity contribution is 5.89. The van der Waals surface area contributed by atoms with Gasteiger partial charge in [-0.15, -0.1) is 0 Å². The second-order valence-corrected chi connectivity index (χ2v) is 5.87. The van der Waals surface area contributed by atoms with Gasteiger partial charge < -0.3 is 15.2 Å². The van der Waals surface area contributed by atoms with E-state index in [1.165, 1.54) is 0 Å². The third-order valence-corrected chi connectivity index (χ3v) is 4.05. The molecule has 1 saturated heterocycles. The van der Waals surface area contributed by atoms with Gasteiger partial charge in [0.2, 0.25) is 0 Å². The van der Waals surface area contributed by atoms with Gasteiger partial charge in [-0.2, -0.15) is 0 Å². The Morgan fingerprint density at radius 2 is 1.90 bits per heavy atom. The van der Waals surface area contributed by atoms with E-state index in [1.807, 2.05) is 13.8 Å². The van der Waals surface area contributed by atoms with Crippen LogP contribution in [-0.2, 0) is 11.3 Å². The van der Waals surface area contributed by atoms with Gasteiger partial charge in [0, 0.05) is 5.92 Å². The Balaban J connectivity index is 2.01. The summed E-state index contributed by atoms with van der Waals surface area (Å²) in [6, 6.07) is 6.89. The van der Waals surface area contributed by atoms with Gasteiger partial charge in [-0.05, 0) is 57.5 Å². The molecule has 0 atom stereocenters. The fraction of sp³-hybridized carbons (Fsp3) is 0.562. The minimum atomic E-state index is -0.450. The lowest BCUT2D eigenvalue weighted by Crippen LogP contribution is -2.42. The molecule has 1 fully saturated rings. The number of rotatable bonds is 4. The van der Waals surface area contributed by atoms with E-state index < -0.39 is 5.60 Å². The zero-order valence-electron chi connectivity index (χ0n) is 12.2. The molecule has 0 amide bonds. The Labute approximate surface area is 120 Å². The van der Waals surface area contributed by atoms with Crippen molar-refractivity contribution in [2.75, 3.05) is 13.1 Å². The van der Waals surface area contributed by atoms with E-state index in [1.54, 1.807) is 24.3 Å². The third-order valence-electron chi connectivity index (χ3n) is 4.05. The predicted molar refractivity (Wildman–Crippen MR) is 77.5 cm³/mol. The molecule has 4 nitrogen and oxygen atoms in total. The molecule has 0 radical (unpaired) electrons. The molecule has 1 aliphatic heterocycles. The van der Waals surface area contributed by atoms with Gasteiger partial charge >= 0.3 is 5.97 Å². The number of nitrogens with one attached hydrogen (secondary N) is 1. The number of ether oxygens (including phenoxy) is 1. The molecule has 2 rings (SSSR count). The number of carbonyl (C=O) groups excluding carboxylic acids is 1. The zero-order valence-corrected chi connectivity index (χ0v) is 12.2. The lowest BCUT2D eigenvalue weighted by Gasteiger charge is -2.36. The molecule has 1 aliphatic rings. The maximum absolute atomic E-state index is 12.2. The molecule has 0 spiro atoms. The van der Waals surface area contributed by atoms with Crippen LogP contribution >= 0.6 is 0 Å². The molecule has 110 valence electrons. The van der Waals surface area contributed by atoms with Crippen molar-refractivity contribution in [3.05, 3.63) is 35.4 Å². The molecule has 1 aromatic carbocycles. The Bertz CT molecular complexity index is 447. The minimum absolute atomic E-state index is 0.0180. The number of hydrogen-bond acceptors (Lipinski definition) is 4. The second kappa shape index (κ2) is 6.37. The molecule has 0 saturated carbocycles. The zero-order chi connectivity index (χ0) is 14.6. The number of carbonyl (C=O) groups is 1. The molecular weight excluding hydrogens is 254 g/mol. The predicted octanol–water partition coefficient (Wildman–Crippen LogP) is 2.11. The summed E-state index contributed by atoms with van der Waals surface area (Å²) in [4.78, 5) is 12.2. The van der Waals surface area contributed by atoms with Gasteiger partial charge in [0.1, 0.15) is 5.60 Å². The average Bonchev–Trinajstić information content (AvgIpc) is 2.48. The summed E-state index contributed by atoms with van der Waals surface area (Å²) in [7, 11) is 0. The van der Waals surface area contributed by atoms with Crippen molar-refractivity contribution >= 4 is 5.97 Å². The van der Waals surface area contributed by atoms with Crippen LogP contribution in [0.1, 0.15) is 42.6 Å². The van der Waals surface area contributed by atoms with Crippen LogP contribution < -0.4 is 5.32 Å². The Morgan fingerprint density at radius 3 is 2.45 bits per heavy atom. The first kappa shape index (κ1) is 15.0. The topological polar surface area (TPSA) is 58.6 Å². The Kier molecular flexibility index (Phi) is 4.78. The van der Waals surface area contributed by atoms with Crippen LogP contribution in [0.3, 0.4) is 0 Å². The van der Waals surface area contributed by atoms with Crippen LogP contribution in [0.25, 0.3) is 0 Å². The maximum Gasteiger partial charge on any atom is 0.338 e. The standard InChI is InChI=1S/C16H23NO3/c1-16(2,14-7-9-17-10-8-14)20-15(19)13-5-3-12(11-18)4-6-13/h3-6,14,17-18H,7-11H2,1-2H3. The lowest BCUT2D eigenvalue weighted by atomic mass is 9.83. The summed E-state index contributed by atoms with van der Waals surface area (Å²) in [6.45, 7) is 5.93. The number of aliphatic hydroxyl groups is 1. The molecule has 4 heteroatoms. The fourth-order valence-corrected chi connectivity index (χ4v) is 2.64. The highest BCUT2D eigenvalue weighted by Crippen LogP contribution is 2.29. The van der Waals surface area contributed by atoms with Crippen molar-refractivity contribution in [1.29, 1.82) is 0 Å². The normalized spacial score (nSPS) is 16.9. The molecule has 20 heavy (non-hydrogen) atoms. The van der Waals surface area contributed by atoms with Gasteiger partial charge in [-0.1, -0.05) is 12.1 Å². The van der Waals surface area contributed by atoms with E-state index in [2.05, 4.69) is 5.32 Å². The van der Waals surface area contributed by atoms with Gasteiger partial charge in [0.15, 0.2) is 0 Å². The quantitative estimate of drug-likeness (QED) is 0.828. The van der Waals surface area contributed by atoms with Crippen molar-refractivity contribution in [3.8, 4) is 0 Å².